The third-order valence-corrected chi connectivity index (χ3v) is 4.77. The molecule has 1 atom stereocenters. The van der Waals surface area contributed by atoms with Gasteiger partial charge in [0.15, 0.2) is 0 Å². The second kappa shape index (κ2) is 8.42. The van der Waals surface area contributed by atoms with Crippen LogP contribution in [0.1, 0.15) is 51.5 Å². The van der Waals surface area contributed by atoms with Crippen molar-refractivity contribution < 1.29 is 12.6 Å². The van der Waals surface area contributed by atoms with Crippen LogP contribution in [0.2, 0.25) is 0 Å². The summed E-state index contributed by atoms with van der Waals surface area (Å²) >= 11 is 0. The van der Waals surface area contributed by atoms with Gasteiger partial charge in [0.2, 0.25) is 0 Å². The summed E-state index contributed by atoms with van der Waals surface area (Å²) in [6.45, 7) is 6.59. The molecule has 0 aliphatic carbocycles. The molecule has 114 valence electrons. The first-order chi connectivity index (χ1) is 9.45. The van der Waals surface area contributed by atoms with E-state index in [1.165, 1.54) is 19.3 Å². The summed E-state index contributed by atoms with van der Waals surface area (Å²) in [6, 6.07) is 6.75. The zero-order chi connectivity index (χ0) is 15.0. The van der Waals surface area contributed by atoms with Gasteiger partial charge in [0, 0.05) is 0 Å². The molecule has 1 rings (SSSR count). The average molecular weight is 298 g/mol. The first kappa shape index (κ1) is 17.2. The zero-order valence-electron chi connectivity index (χ0n) is 12.8. The van der Waals surface area contributed by atoms with Crippen molar-refractivity contribution in [3.05, 3.63) is 29.8 Å². The van der Waals surface area contributed by atoms with E-state index in [4.69, 9.17) is 4.18 Å². The zero-order valence-corrected chi connectivity index (χ0v) is 13.6. The van der Waals surface area contributed by atoms with E-state index in [1.807, 2.05) is 6.92 Å². The van der Waals surface area contributed by atoms with Crippen molar-refractivity contribution in [3.8, 4) is 0 Å². The SMILES string of the molecule is CCCCC(C)CCCOS(=O)(=O)c1ccc(C)cc1. The lowest BCUT2D eigenvalue weighted by molar-refractivity contribution is 0.294. The molecule has 0 amide bonds. The average Bonchev–Trinajstić information content (AvgIpc) is 2.42. The fraction of sp³-hybridized carbons (Fsp3) is 0.625. The Morgan fingerprint density at radius 3 is 2.30 bits per heavy atom. The van der Waals surface area contributed by atoms with Gasteiger partial charge in [-0.2, -0.15) is 8.42 Å². The second-order valence-corrected chi connectivity index (χ2v) is 7.09. The van der Waals surface area contributed by atoms with Gasteiger partial charge in [0.1, 0.15) is 0 Å². The minimum Gasteiger partial charge on any atom is -0.266 e. The molecule has 0 radical (unpaired) electrons. The number of benzene rings is 1. The van der Waals surface area contributed by atoms with E-state index in [1.54, 1.807) is 24.3 Å². The standard InChI is InChI=1S/C16H26O3S/c1-4-5-7-14(2)8-6-13-19-20(17,18)16-11-9-15(3)10-12-16/h9-12,14H,4-8,13H2,1-3H3. The van der Waals surface area contributed by atoms with E-state index in [9.17, 15) is 8.42 Å². The molecule has 0 heterocycles. The minimum absolute atomic E-state index is 0.238. The summed E-state index contributed by atoms with van der Waals surface area (Å²) in [7, 11) is -3.59. The first-order valence-electron chi connectivity index (χ1n) is 7.42. The Balaban J connectivity index is 2.35. The van der Waals surface area contributed by atoms with E-state index in [0.717, 1.165) is 18.4 Å². The van der Waals surface area contributed by atoms with Gasteiger partial charge < -0.3 is 0 Å². The topological polar surface area (TPSA) is 43.4 Å². The molecule has 1 aromatic carbocycles. The lowest BCUT2D eigenvalue weighted by Crippen LogP contribution is -2.08. The van der Waals surface area contributed by atoms with Crippen molar-refractivity contribution >= 4 is 10.1 Å². The molecule has 3 nitrogen and oxygen atoms in total. The van der Waals surface area contributed by atoms with E-state index in [2.05, 4.69) is 13.8 Å². The van der Waals surface area contributed by atoms with Crippen molar-refractivity contribution in [1.29, 1.82) is 0 Å². The number of unbranched alkanes of at least 4 members (excludes halogenated alkanes) is 1. The molecule has 0 spiro atoms. The smallest absolute Gasteiger partial charge is 0.266 e. The maximum atomic E-state index is 11.9. The Hall–Kier alpha value is -0.870. The molecule has 1 unspecified atom stereocenters. The third-order valence-electron chi connectivity index (χ3n) is 3.44. The van der Waals surface area contributed by atoms with E-state index in [0.29, 0.717) is 5.92 Å². The summed E-state index contributed by atoms with van der Waals surface area (Å²) < 4.78 is 29.0. The van der Waals surface area contributed by atoms with Gasteiger partial charge in [-0.25, -0.2) is 0 Å². The van der Waals surface area contributed by atoms with Crippen LogP contribution in [-0.4, -0.2) is 15.0 Å². The third kappa shape index (κ3) is 6.06. The molecule has 20 heavy (non-hydrogen) atoms. The highest BCUT2D eigenvalue weighted by molar-refractivity contribution is 7.86. The Morgan fingerprint density at radius 1 is 1.10 bits per heavy atom. The van der Waals surface area contributed by atoms with Crippen LogP contribution in [0.5, 0.6) is 0 Å². The Morgan fingerprint density at radius 2 is 1.70 bits per heavy atom. The summed E-state index contributed by atoms with van der Waals surface area (Å²) in [5.74, 6) is 0.639. The molecule has 0 fully saturated rings. The first-order valence-corrected chi connectivity index (χ1v) is 8.82. The molecule has 4 heteroatoms. The Labute approximate surface area is 123 Å². The highest BCUT2D eigenvalue weighted by Gasteiger charge is 2.14. The maximum Gasteiger partial charge on any atom is 0.296 e. The van der Waals surface area contributed by atoms with Gasteiger partial charge in [0.05, 0.1) is 11.5 Å². The van der Waals surface area contributed by atoms with Crippen molar-refractivity contribution in [2.75, 3.05) is 6.61 Å². The monoisotopic (exact) mass is 298 g/mol. The number of hydrogen-bond acceptors (Lipinski definition) is 3. The van der Waals surface area contributed by atoms with Crippen molar-refractivity contribution in [3.63, 3.8) is 0 Å². The number of hydrogen-bond donors (Lipinski definition) is 0. The second-order valence-electron chi connectivity index (χ2n) is 5.48. The molecular weight excluding hydrogens is 272 g/mol. The van der Waals surface area contributed by atoms with Gasteiger partial charge in [-0.05, 0) is 37.8 Å². The van der Waals surface area contributed by atoms with Crippen molar-refractivity contribution in [2.45, 2.75) is 57.8 Å². The van der Waals surface area contributed by atoms with Crippen LogP contribution in [-0.2, 0) is 14.3 Å². The molecule has 0 bridgehead atoms. The highest BCUT2D eigenvalue weighted by Crippen LogP contribution is 2.16. The summed E-state index contributed by atoms with van der Waals surface area (Å²) in [6.07, 6.45) is 5.47. The lowest BCUT2D eigenvalue weighted by Gasteiger charge is -2.10. The summed E-state index contributed by atoms with van der Waals surface area (Å²) in [5.41, 5.74) is 1.04. The van der Waals surface area contributed by atoms with Crippen LogP contribution < -0.4 is 0 Å². The lowest BCUT2D eigenvalue weighted by atomic mass is 9.99. The Bertz CT molecular complexity index is 477. The van der Waals surface area contributed by atoms with Gasteiger partial charge in [-0.15, -0.1) is 0 Å². The number of aryl methyl sites for hydroxylation is 1. The maximum absolute atomic E-state index is 11.9. The minimum atomic E-state index is -3.59. The van der Waals surface area contributed by atoms with Crippen LogP contribution in [0.4, 0.5) is 0 Å². The fourth-order valence-electron chi connectivity index (χ4n) is 2.07. The van der Waals surface area contributed by atoms with Crippen LogP contribution in [0, 0.1) is 12.8 Å². The summed E-state index contributed by atoms with van der Waals surface area (Å²) in [4.78, 5) is 0.238. The molecule has 1 aromatic rings. The molecule has 0 saturated carbocycles. The number of rotatable bonds is 9. The van der Waals surface area contributed by atoms with Crippen molar-refractivity contribution in [2.24, 2.45) is 5.92 Å². The van der Waals surface area contributed by atoms with Crippen LogP contribution in [0.15, 0.2) is 29.2 Å². The quantitative estimate of drug-likeness (QED) is 0.504. The van der Waals surface area contributed by atoms with Crippen LogP contribution in [0.3, 0.4) is 0 Å². The van der Waals surface area contributed by atoms with E-state index < -0.39 is 10.1 Å². The highest BCUT2D eigenvalue weighted by atomic mass is 32.2. The van der Waals surface area contributed by atoms with E-state index >= 15 is 0 Å². The molecule has 0 N–H and O–H groups in total. The van der Waals surface area contributed by atoms with Gasteiger partial charge >= 0.3 is 0 Å². The molecular formula is C16H26O3S. The Kier molecular flexibility index (Phi) is 7.24. The van der Waals surface area contributed by atoms with Gasteiger partial charge in [-0.3, -0.25) is 4.18 Å². The largest absolute Gasteiger partial charge is 0.296 e. The van der Waals surface area contributed by atoms with Crippen LogP contribution >= 0.6 is 0 Å². The van der Waals surface area contributed by atoms with Crippen molar-refractivity contribution in [1.82, 2.24) is 0 Å². The molecule has 0 saturated heterocycles. The summed E-state index contributed by atoms with van der Waals surface area (Å²) in [5, 5.41) is 0. The fourth-order valence-corrected chi connectivity index (χ4v) is 3.01. The van der Waals surface area contributed by atoms with Crippen LogP contribution in [0.25, 0.3) is 0 Å². The van der Waals surface area contributed by atoms with E-state index in [-0.39, 0.29) is 11.5 Å². The predicted molar refractivity (Wildman–Crippen MR) is 82.2 cm³/mol. The molecule has 0 aliphatic rings. The van der Waals surface area contributed by atoms with Gasteiger partial charge in [-0.1, -0.05) is 50.8 Å². The molecule has 0 aliphatic heterocycles. The predicted octanol–water partition coefficient (Wildman–Crippen LogP) is 4.31. The van der Waals surface area contributed by atoms with Gasteiger partial charge in [0.25, 0.3) is 10.1 Å². The molecule has 0 aromatic heterocycles. The normalized spacial score (nSPS) is 13.3.